The minimum Gasteiger partial charge on any atom is -0.455 e. The summed E-state index contributed by atoms with van der Waals surface area (Å²) in [5.74, 6) is 0.876. The second kappa shape index (κ2) is 9.39. The van der Waals surface area contributed by atoms with Gasteiger partial charge in [0.25, 0.3) is 0 Å². The minimum absolute atomic E-state index is 0.161. The van der Waals surface area contributed by atoms with Gasteiger partial charge in [-0.3, -0.25) is 4.79 Å². The molecular formula is C23H22N2O4S. The first-order valence-corrected chi connectivity index (χ1v) is 10.7. The zero-order valence-corrected chi connectivity index (χ0v) is 17.4. The van der Waals surface area contributed by atoms with Gasteiger partial charge in [-0.15, -0.1) is 0 Å². The SMILES string of the molecule is CNS(=O)(=O)c1ccc(/C=C/C(=O)Nc2ccccc2Oc2ccc(C)cc2)cc1. The number of carbonyl (C=O) groups excluding carboxylic acids is 1. The number of para-hydroxylation sites is 2. The lowest BCUT2D eigenvalue weighted by molar-refractivity contribution is -0.111. The molecule has 3 rings (SSSR count). The number of benzene rings is 3. The molecule has 2 N–H and O–H groups in total. The number of sulfonamides is 1. The van der Waals surface area contributed by atoms with Crippen LogP contribution in [0.2, 0.25) is 0 Å². The minimum atomic E-state index is -3.49. The van der Waals surface area contributed by atoms with Crippen LogP contribution in [0.25, 0.3) is 6.08 Å². The lowest BCUT2D eigenvalue weighted by atomic mass is 10.2. The molecule has 7 heteroatoms. The molecule has 0 saturated carbocycles. The van der Waals surface area contributed by atoms with Gasteiger partial charge in [0.15, 0.2) is 5.75 Å². The Hall–Kier alpha value is -3.42. The summed E-state index contributed by atoms with van der Waals surface area (Å²) in [4.78, 5) is 12.5. The second-order valence-corrected chi connectivity index (χ2v) is 8.40. The molecule has 3 aromatic carbocycles. The largest absolute Gasteiger partial charge is 0.455 e. The maximum absolute atomic E-state index is 12.3. The van der Waals surface area contributed by atoms with Crippen LogP contribution in [-0.4, -0.2) is 21.4 Å². The first-order chi connectivity index (χ1) is 14.4. The summed E-state index contributed by atoms with van der Waals surface area (Å²) in [5, 5.41) is 2.80. The molecule has 0 spiro atoms. The van der Waals surface area contributed by atoms with Gasteiger partial charge in [0, 0.05) is 6.08 Å². The molecule has 0 aliphatic heterocycles. The molecule has 0 saturated heterocycles. The molecule has 1 amide bonds. The lowest BCUT2D eigenvalue weighted by Gasteiger charge is -2.11. The summed E-state index contributed by atoms with van der Waals surface area (Å²) in [7, 11) is -2.13. The maximum Gasteiger partial charge on any atom is 0.248 e. The van der Waals surface area contributed by atoms with Crippen molar-refractivity contribution in [1.29, 1.82) is 0 Å². The Bertz CT molecular complexity index is 1150. The van der Waals surface area contributed by atoms with Gasteiger partial charge in [-0.2, -0.15) is 0 Å². The van der Waals surface area contributed by atoms with E-state index < -0.39 is 10.0 Å². The van der Waals surface area contributed by atoms with Crippen LogP contribution in [0.4, 0.5) is 5.69 Å². The van der Waals surface area contributed by atoms with E-state index in [1.165, 1.54) is 25.3 Å². The van der Waals surface area contributed by atoms with E-state index in [2.05, 4.69) is 10.0 Å². The summed E-state index contributed by atoms with van der Waals surface area (Å²) in [6.07, 6.45) is 2.98. The third-order valence-electron chi connectivity index (χ3n) is 4.28. The number of nitrogens with one attached hydrogen (secondary N) is 2. The standard InChI is InChI=1S/C23H22N2O4S/c1-17-7-12-19(13-8-17)29-22-6-4-3-5-21(22)25-23(26)16-11-18-9-14-20(15-10-18)30(27,28)24-2/h3-16,24H,1-2H3,(H,25,26)/b16-11+. The highest BCUT2D eigenvalue weighted by molar-refractivity contribution is 7.89. The molecule has 0 radical (unpaired) electrons. The van der Waals surface area contributed by atoms with E-state index in [9.17, 15) is 13.2 Å². The van der Waals surface area contributed by atoms with Crippen LogP contribution >= 0.6 is 0 Å². The normalized spacial score (nSPS) is 11.4. The van der Waals surface area contributed by atoms with Gasteiger partial charge in [0.1, 0.15) is 5.75 Å². The molecule has 0 atom stereocenters. The van der Waals surface area contributed by atoms with Crippen LogP contribution < -0.4 is 14.8 Å². The number of aryl methyl sites for hydroxylation is 1. The topological polar surface area (TPSA) is 84.5 Å². The summed E-state index contributed by atoms with van der Waals surface area (Å²) in [6.45, 7) is 2.00. The highest BCUT2D eigenvalue weighted by Crippen LogP contribution is 2.29. The number of carbonyl (C=O) groups is 1. The zero-order chi connectivity index (χ0) is 21.6. The van der Waals surface area contributed by atoms with Gasteiger partial charge in [-0.1, -0.05) is 42.0 Å². The van der Waals surface area contributed by atoms with E-state index in [1.54, 1.807) is 30.3 Å². The van der Waals surface area contributed by atoms with Crippen molar-refractivity contribution in [2.45, 2.75) is 11.8 Å². The molecule has 30 heavy (non-hydrogen) atoms. The average molecular weight is 423 g/mol. The van der Waals surface area contributed by atoms with Gasteiger partial charge in [0.05, 0.1) is 10.6 Å². The van der Waals surface area contributed by atoms with E-state index in [0.29, 0.717) is 22.7 Å². The van der Waals surface area contributed by atoms with Gasteiger partial charge < -0.3 is 10.1 Å². The maximum atomic E-state index is 12.3. The molecule has 0 aliphatic carbocycles. The van der Waals surface area contributed by atoms with Crippen molar-refractivity contribution in [2.24, 2.45) is 0 Å². The van der Waals surface area contributed by atoms with Crippen molar-refractivity contribution in [3.8, 4) is 11.5 Å². The Morgan fingerprint density at radius 3 is 2.27 bits per heavy atom. The fourth-order valence-electron chi connectivity index (χ4n) is 2.61. The molecule has 0 aromatic heterocycles. The van der Waals surface area contributed by atoms with Crippen LogP contribution in [0.3, 0.4) is 0 Å². The molecule has 0 aliphatic rings. The van der Waals surface area contributed by atoms with Crippen molar-refractivity contribution < 1.29 is 17.9 Å². The quantitative estimate of drug-likeness (QED) is 0.555. The van der Waals surface area contributed by atoms with Crippen molar-refractivity contribution >= 4 is 27.7 Å². The number of hydrogen-bond acceptors (Lipinski definition) is 4. The van der Waals surface area contributed by atoms with Crippen LogP contribution in [0, 0.1) is 6.92 Å². The first kappa shape index (κ1) is 21.3. The fraction of sp³-hybridized carbons (Fsp3) is 0.0870. The monoisotopic (exact) mass is 422 g/mol. The molecule has 0 bridgehead atoms. The first-order valence-electron chi connectivity index (χ1n) is 9.23. The van der Waals surface area contributed by atoms with Gasteiger partial charge in [-0.25, -0.2) is 13.1 Å². The van der Waals surface area contributed by atoms with E-state index >= 15 is 0 Å². The van der Waals surface area contributed by atoms with Crippen molar-refractivity contribution in [3.05, 3.63) is 90.0 Å². The second-order valence-electron chi connectivity index (χ2n) is 6.51. The Morgan fingerprint density at radius 1 is 0.933 bits per heavy atom. The van der Waals surface area contributed by atoms with E-state index in [-0.39, 0.29) is 10.8 Å². The molecule has 0 heterocycles. The smallest absolute Gasteiger partial charge is 0.248 e. The molecule has 6 nitrogen and oxygen atoms in total. The van der Waals surface area contributed by atoms with Crippen LogP contribution in [-0.2, 0) is 14.8 Å². The number of hydrogen-bond donors (Lipinski definition) is 2. The molecule has 154 valence electrons. The highest BCUT2D eigenvalue weighted by Gasteiger charge is 2.10. The van der Waals surface area contributed by atoms with E-state index in [4.69, 9.17) is 4.74 Å². The van der Waals surface area contributed by atoms with Crippen molar-refractivity contribution in [1.82, 2.24) is 4.72 Å². The summed E-state index contributed by atoms with van der Waals surface area (Å²) >= 11 is 0. The average Bonchev–Trinajstić information content (AvgIpc) is 2.75. The number of ether oxygens (including phenoxy) is 1. The Balaban J connectivity index is 1.68. The number of rotatable bonds is 7. The molecule has 0 unspecified atom stereocenters. The Morgan fingerprint density at radius 2 is 1.60 bits per heavy atom. The zero-order valence-electron chi connectivity index (χ0n) is 16.6. The number of amides is 1. The third kappa shape index (κ3) is 5.56. The summed E-state index contributed by atoms with van der Waals surface area (Å²) < 4.78 is 31.7. The van der Waals surface area contributed by atoms with E-state index in [1.807, 2.05) is 43.3 Å². The van der Waals surface area contributed by atoms with Crippen LogP contribution in [0.1, 0.15) is 11.1 Å². The highest BCUT2D eigenvalue weighted by atomic mass is 32.2. The van der Waals surface area contributed by atoms with Gasteiger partial charge >= 0.3 is 0 Å². The van der Waals surface area contributed by atoms with Gasteiger partial charge in [-0.05, 0) is 62.0 Å². The predicted octanol–water partition coefficient (Wildman–Crippen LogP) is 4.35. The predicted molar refractivity (Wildman–Crippen MR) is 118 cm³/mol. The number of anilines is 1. The third-order valence-corrected chi connectivity index (χ3v) is 5.71. The van der Waals surface area contributed by atoms with Gasteiger partial charge in [0.2, 0.25) is 15.9 Å². The Kier molecular flexibility index (Phi) is 6.66. The molecule has 3 aromatic rings. The van der Waals surface area contributed by atoms with Crippen LogP contribution in [0.15, 0.2) is 83.8 Å². The molecular weight excluding hydrogens is 400 g/mol. The summed E-state index contributed by atoms with van der Waals surface area (Å²) in [6, 6.07) is 21.0. The molecule has 0 fully saturated rings. The Labute approximate surface area is 176 Å². The van der Waals surface area contributed by atoms with Crippen molar-refractivity contribution in [3.63, 3.8) is 0 Å². The van der Waals surface area contributed by atoms with Crippen molar-refractivity contribution in [2.75, 3.05) is 12.4 Å². The fourth-order valence-corrected chi connectivity index (χ4v) is 3.34. The van der Waals surface area contributed by atoms with E-state index in [0.717, 1.165) is 5.56 Å². The summed E-state index contributed by atoms with van der Waals surface area (Å²) in [5.41, 5.74) is 2.37. The van der Waals surface area contributed by atoms with Crippen LogP contribution in [0.5, 0.6) is 11.5 Å². The lowest BCUT2D eigenvalue weighted by Crippen LogP contribution is -2.18.